The van der Waals surface area contributed by atoms with Crippen LogP contribution in [0.1, 0.15) is 38.4 Å². The van der Waals surface area contributed by atoms with Crippen molar-refractivity contribution in [1.82, 2.24) is 9.97 Å². The number of hydrogen-bond acceptors (Lipinski definition) is 4. The molecular weight excluding hydrogens is 334 g/mol. The molecule has 0 unspecified atom stereocenters. The first-order chi connectivity index (χ1) is 13.3. The summed E-state index contributed by atoms with van der Waals surface area (Å²) in [6, 6.07) is 18.4. The normalized spacial score (nSPS) is 10.4. The topological polar surface area (TPSA) is 58.8 Å². The van der Waals surface area contributed by atoms with Crippen molar-refractivity contribution in [2.75, 3.05) is 6.61 Å². The van der Waals surface area contributed by atoms with Crippen molar-refractivity contribution in [3.8, 4) is 34.1 Å². The zero-order valence-corrected chi connectivity index (χ0v) is 15.6. The molecule has 3 rings (SSSR count). The summed E-state index contributed by atoms with van der Waals surface area (Å²) < 4.78 is 5.80. The Morgan fingerprint density at radius 2 is 1.33 bits per heavy atom. The van der Waals surface area contributed by atoms with Crippen molar-refractivity contribution in [2.24, 2.45) is 0 Å². The Hall–Kier alpha value is -3.19. The summed E-state index contributed by atoms with van der Waals surface area (Å²) in [4.78, 5) is 8.04. The molecule has 0 bridgehead atoms. The van der Waals surface area contributed by atoms with E-state index in [0.717, 1.165) is 41.0 Å². The molecule has 27 heavy (non-hydrogen) atoms. The first-order valence-electron chi connectivity index (χ1n) is 9.36. The fourth-order valence-electron chi connectivity index (χ4n) is 2.85. The monoisotopic (exact) mass is 357 g/mol. The number of unbranched alkanes of at least 4 members (excludes halogenated alkanes) is 3. The van der Waals surface area contributed by atoms with Gasteiger partial charge in [-0.1, -0.05) is 62.6 Å². The van der Waals surface area contributed by atoms with Crippen LogP contribution in [0.5, 0.6) is 5.75 Å². The maximum atomic E-state index is 8.78. The summed E-state index contributed by atoms with van der Waals surface area (Å²) in [6.45, 7) is 2.99. The molecule has 0 N–H and O–H groups in total. The highest BCUT2D eigenvalue weighted by Crippen LogP contribution is 2.26. The molecule has 0 radical (unpaired) electrons. The lowest BCUT2D eigenvalue weighted by molar-refractivity contribution is 0.305. The number of aromatic nitrogens is 2. The summed E-state index contributed by atoms with van der Waals surface area (Å²) in [5, 5.41) is 8.78. The summed E-state index contributed by atoms with van der Waals surface area (Å²) >= 11 is 0. The van der Waals surface area contributed by atoms with Crippen LogP contribution in [0.25, 0.3) is 22.3 Å². The van der Waals surface area contributed by atoms with Crippen LogP contribution in [0.2, 0.25) is 0 Å². The van der Waals surface area contributed by atoms with E-state index in [1.165, 1.54) is 19.3 Å². The van der Waals surface area contributed by atoms with E-state index in [9.17, 15) is 0 Å². The lowest BCUT2D eigenvalue weighted by Crippen LogP contribution is -1.96. The molecule has 0 aliphatic rings. The lowest BCUT2D eigenvalue weighted by atomic mass is 10.0. The molecule has 0 amide bonds. The van der Waals surface area contributed by atoms with Crippen molar-refractivity contribution in [1.29, 1.82) is 5.26 Å². The fourth-order valence-corrected chi connectivity index (χ4v) is 2.85. The number of benzene rings is 2. The van der Waals surface area contributed by atoms with Crippen LogP contribution in [-0.4, -0.2) is 16.6 Å². The summed E-state index contributed by atoms with van der Waals surface area (Å²) in [5.41, 5.74) is 4.21. The lowest BCUT2D eigenvalue weighted by Gasteiger charge is -2.08. The molecular formula is C23H23N3O. The van der Waals surface area contributed by atoms with Crippen LogP contribution in [0, 0.1) is 11.3 Å². The average molecular weight is 357 g/mol. The van der Waals surface area contributed by atoms with E-state index in [-0.39, 0.29) is 5.82 Å². The van der Waals surface area contributed by atoms with Crippen LogP contribution in [0.4, 0.5) is 0 Å². The predicted octanol–water partition coefficient (Wildman–Crippen LogP) is 5.64. The van der Waals surface area contributed by atoms with Crippen LogP contribution in [0.3, 0.4) is 0 Å². The molecule has 0 saturated carbocycles. The van der Waals surface area contributed by atoms with Crippen molar-refractivity contribution >= 4 is 0 Å². The molecule has 4 heteroatoms. The molecule has 0 aliphatic heterocycles. The Labute approximate surface area is 160 Å². The fraction of sp³-hybridized carbons (Fsp3) is 0.261. The number of hydrogen-bond donors (Lipinski definition) is 0. The summed E-state index contributed by atoms with van der Waals surface area (Å²) in [5.74, 6) is 1.10. The van der Waals surface area contributed by atoms with E-state index in [0.29, 0.717) is 0 Å². The van der Waals surface area contributed by atoms with Gasteiger partial charge in [0, 0.05) is 18.0 Å². The van der Waals surface area contributed by atoms with Gasteiger partial charge in [0.15, 0.2) is 0 Å². The van der Waals surface area contributed by atoms with Crippen LogP contribution >= 0.6 is 0 Å². The first kappa shape index (κ1) is 18.6. The zero-order valence-electron chi connectivity index (χ0n) is 15.6. The maximum Gasteiger partial charge on any atom is 0.232 e. The van der Waals surface area contributed by atoms with Gasteiger partial charge in [-0.15, -0.1) is 0 Å². The number of rotatable bonds is 8. The van der Waals surface area contributed by atoms with Gasteiger partial charge in [0.2, 0.25) is 5.82 Å². The second-order valence-corrected chi connectivity index (χ2v) is 6.42. The maximum absolute atomic E-state index is 8.78. The van der Waals surface area contributed by atoms with Crippen molar-refractivity contribution < 1.29 is 4.74 Å². The van der Waals surface area contributed by atoms with Gasteiger partial charge in [0.25, 0.3) is 0 Å². The van der Waals surface area contributed by atoms with Crippen LogP contribution in [0.15, 0.2) is 60.9 Å². The molecule has 1 aromatic heterocycles. The molecule has 136 valence electrons. The minimum Gasteiger partial charge on any atom is -0.494 e. The highest BCUT2D eigenvalue weighted by Gasteiger charge is 2.03. The number of nitriles is 1. The quantitative estimate of drug-likeness (QED) is 0.489. The van der Waals surface area contributed by atoms with E-state index in [4.69, 9.17) is 10.00 Å². The Balaban J connectivity index is 1.62. The third-order valence-corrected chi connectivity index (χ3v) is 4.42. The Morgan fingerprint density at radius 3 is 1.89 bits per heavy atom. The van der Waals surface area contributed by atoms with Crippen LogP contribution < -0.4 is 4.74 Å². The summed E-state index contributed by atoms with van der Waals surface area (Å²) in [7, 11) is 0. The first-order valence-corrected chi connectivity index (χ1v) is 9.36. The molecule has 1 heterocycles. The standard InChI is InChI=1S/C23H23N3O/c1-2-3-4-5-14-27-22-12-10-19(11-13-22)18-6-8-20(9-7-18)21-16-25-23(15-24)26-17-21/h6-13,16-17H,2-5,14H2,1H3. The highest BCUT2D eigenvalue weighted by molar-refractivity contribution is 5.70. The van der Waals surface area contributed by atoms with E-state index in [2.05, 4.69) is 41.2 Å². The Kier molecular flexibility index (Phi) is 6.54. The molecule has 0 aliphatic carbocycles. The van der Waals surface area contributed by atoms with Crippen LogP contribution in [-0.2, 0) is 0 Å². The van der Waals surface area contributed by atoms with E-state index < -0.39 is 0 Å². The average Bonchev–Trinajstić information content (AvgIpc) is 2.74. The van der Waals surface area contributed by atoms with Gasteiger partial charge in [-0.05, 0) is 35.2 Å². The van der Waals surface area contributed by atoms with Gasteiger partial charge in [0.05, 0.1) is 6.61 Å². The molecule has 0 saturated heterocycles. The third-order valence-electron chi connectivity index (χ3n) is 4.42. The van der Waals surface area contributed by atoms with Crippen molar-refractivity contribution in [3.63, 3.8) is 0 Å². The predicted molar refractivity (Wildman–Crippen MR) is 107 cm³/mol. The van der Waals surface area contributed by atoms with Gasteiger partial charge < -0.3 is 4.74 Å². The van der Waals surface area contributed by atoms with Gasteiger partial charge in [-0.25, -0.2) is 9.97 Å². The molecule has 4 nitrogen and oxygen atoms in total. The van der Waals surface area contributed by atoms with E-state index >= 15 is 0 Å². The van der Waals surface area contributed by atoms with E-state index in [1.807, 2.05) is 30.3 Å². The van der Waals surface area contributed by atoms with Gasteiger partial charge in [0.1, 0.15) is 11.8 Å². The Bertz CT molecular complexity index is 879. The second-order valence-electron chi connectivity index (χ2n) is 6.42. The van der Waals surface area contributed by atoms with Gasteiger partial charge >= 0.3 is 0 Å². The van der Waals surface area contributed by atoms with E-state index in [1.54, 1.807) is 12.4 Å². The smallest absolute Gasteiger partial charge is 0.232 e. The summed E-state index contributed by atoms with van der Waals surface area (Å²) in [6.07, 6.45) is 8.19. The second kappa shape index (κ2) is 9.49. The molecule has 0 fully saturated rings. The van der Waals surface area contributed by atoms with Crippen molar-refractivity contribution in [2.45, 2.75) is 32.6 Å². The van der Waals surface area contributed by atoms with Gasteiger partial charge in [-0.3, -0.25) is 0 Å². The SMILES string of the molecule is CCCCCCOc1ccc(-c2ccc(-c3cnc(C#N)nc3)cc2)cc1. The molecule has 3 aromatic rings. The minimum atomic E-state index is 0.183. The Morgan fingerprint density at radius 1 is 0.778 bits per heavy atom. The molecule has 0 spiro atoms. The molecule has 0 atom stereocenters. The van der Waals surface area contributed by atoms with Crippen molar-refractivity contribution in [3.05, 3.63) is 66.7 Å². The molecule has 2 aromatic carbocycles. The highest BCUT2D eigenvalue weighted by atomic mass is 16.5. The number of ether oxygens (including phenoxy) is 1. The van der Waals surface area contributed by atoms with Gasteiger partial charge in [-0.2, -0.15) is 5.26 Å². The largest absolute Gasteiger partial charge is 0.494 e. The zero-order chi connectivity index (χ0) is 18.9. The number of nitrogens with zero attached hydrogens (tertiary/aromatic N) is 3. The third kappa shape index (κ3) is 5.15. The minimum absolute atomic E-state index is 0.183.